The van der Waals surface area contributed by atoms with Gasteiger partial charge in [-0.3, -0.25) is 4.79 Å². The molecule has 1 fully saturated rings. The lowest BCUT2D eigenvalue weighted by Crippen LogP contribution is -2.48. The highest BCUT2D eigenvalue weighted by Gasteiger charge is 2.29. The number of nitrogens with one attached hydrogen (secondary N) is 2. The number of hydrogen-bond donors (Lipinski definition) is 3. The summed E-state index contributed by atoms with van der Waals surface area (Å²) in [5.74, 6) is 2.47. The number of likely N-dealkylation sites (N-methyl/N-ethyl adjacent to an activating group) is 1. The van der Waals surface area contributed by atoms with Crippen LogP contribution in [0.25, 0.3) is 22.3 Å². The van der Waals surface area contributed by atoms with E-state index in [2.05, 4.69) is 34.4 Å². The van der Waals surface area contributed by atoms with Gasteiger partial charge >= 0.3 is 0 Å². The van der Waals surface area contributed by atoms with Gasteiger partial charge in [0.2, 0.25) is 5.91 Å². The van der Waals surface area contributed by atoms with Crippen LogP contribution in [0.1, 0.15) is 52.0 Å². The first kappa shape index (κ1) is 26.6. The fourth-order valence-corrected chi connectivity index (χ4v) is 5.35. The number of anilines is 1. The predicted octanol–water partition coefficient (Wildman–Crippen LogP) is 5.10. The largest absolute Gasteiger partial charge is 0.457 e. The number of carbonyl (C=O) groups is 1. The Morgan fingerprint density at radius 2 is 1.72 bits per heavy atom. The number of nitrogens with zero attached hydrogens (tertiary/aromatic N) is 4. The van der Waals surface area contributed by atoms with Crippen LogP contribution >= 0.6 is 0 Å². The van der Waals surface area contributed by atoms with E-state index in [1.54, 1.807) is 0 Å². The van der Waals surface area contributed by atoms with Gasteiger partial charge in [-0.1, -0.05) is 32.0 Å². The smallest absolute Gasteiger partial charge is 0.237 e. The zero-order valence-corrected chi connectivity index (χ0v) is 22.8. The van der Waals surface area contributed by atoms with Gasteiger partial charge in [0.05, 0.1) is 17.5 Å². The number of nitrogens with two attached hydrogens (primary N) is 1. The van der Waals surface area contributed by atoms with E-state index < -0.39 is 0 Å². The molecule has 0 unspecified atom stereocenters. The molecule has 0 radical (unpaired) electrons. The van der Waals surface area contributed by atoms with Crippen molar-refractivity contribution < 1.29 is 9.53 Å². The zero-order valence-electron chi connectivity index (χ0n) is 22.8. The van der Waals surface area contributed by atoms with Gasteiger partial charge in [-0.15, -0.1) is 0 Å². The lowest BCUT2D eigenvalue weighted by molar-refractivity contribution is -0.124. The van der Waals surface area contributed by atoms with Crippen LogP contribution in [-0.4, -0.2) is 44.8 Å². The predicted molar refractivity (Wildman–Crippen MR) is 153 cm³/mol. The molecule has 0 bridgehead atoms. The first-order valence-corrected chi connectivity index (χ1v) is 13.7. The summed E-state index contributed by atoms with van der Waals surface area (Å²) in [5.41, 5.74) is 8.76. The van der Waals surface area contributed by atoms with Crippen LogP contribution < -0.4 is 21.1 Å². The molecule has 4 N–H and O–H groups in total. The Balaban J connectivity index is 1.32. The lowest BCUT2D eigenvalue weighted by atomic mass is 9.90. The van der Waals surface area contributed by atoms with Gasteiger partial charge in [-0.2, -0.15) is 5.10 Å². The Labute approximate surface area is 229 Å². The summed E-state index contributed by atoms with van der Waals surface area (Å²) in [6, 6.07) is 17.7. The summed E-state index contributed by atoms with van der Waals surface area (Å²) in [6.07, 6.45) is 5.87. The maximum absolute atomic E-state index is 12.8. The molecule has 204 valence electrons. The van der Waals surface area contributed by atoms with E-state index >= 15 is 0 Å². The SMILES string of the molecule is CN[C@H](CC(C)C)C(=O)NC1CCC(n2nc(-c3ccc(Oc4ccccc4)cc3)c3c(N)ncnc32)CC1. The van der Waals surface area contributed by atoms with Gasteiger partial charge in [-0.05, 0) is 81.5 Å². The first-order valence-electron chi connectivity index (χ1n) is 13.7. The van der Waals surface area contributed by atoms with Crippen molar-refractivity contribution >= 4 is 22.8 Å². The Morgan fingerprint density at radius 1 is 1.03 bits per heavy atom. The highest BCUT2D eigenvalue weighted by Crippen LogP contribution is 2.36. The van der Waals surface area contributed by atoms with E-state index in [-0.39, 0.29) is 24.0 Å². The van der Waals surface area contributed by atoms with Gasteiger partial charge in [0.25, 0.3) is 0 Å². The minimum atomic E-state index is -0.163. The Kier molecular flexibility index (Phi) is 8.07. The Bertz CT molecular complexity index is 1390. The molecule has 4 aromatic rings. The van der Waals surface area contributed by atoms with E-state index in [0.29, 0.717) is 11.7 Å². The molecule has 0 saturated heterocycles. The highest BCUT2D eigenvalue weighted by atomic mass is 16.5. The molecule has 0 spiro atoms. The Hall–Kier alpha value is -3.98. The van der Waals surface area contributed by atoms with Crippen molar-refractivity contribution in [2.75, 3.05) is 12.8 Å². The molecule has 2 aromatic carbocycles. The van der Waals surface area contributed by atoms with Gasteiger partial charge in [0, 0.05) is 11.6 Å². The number of nitrogen functional groups attached to an aromatic ring is 1. The third-order valence-corrected chi connectivity index (χ3v) is 7.39. The molecule has 1 amide bonds. The monoisotopic (exact) mass is 527 g/mol. The molecule has 5 rings (SSSR count). The number of benzene rings is 2. The molecule has 39 heavy (non-hydrogen) atoms. The highest BCUT2D eigenvalue weighted by molar-refractivity contribution is 5.98. The number of para-hydroxylation sites is 1. The molecular formula is C30H37N7O2. The summed E-state index contributed by atoms with van der Waals surface area (Å²) in [4.78, 5) is 21.6. The number of fused-ring (bicyclic) bond motifs is 1. The van der Waals surface area contributed by atoms with E-state index in [0.717, 1.165) is 65.9 Å². The summed E-state index contributed by atoms with van der Waals surface area (Å²) in [5, 5.41) is 12.2. The minimum Gasteiger partial charge on any atom is -0.457 e. The summed E-state index contributed by atoms with van der Waals surface area (Å²) >= 11 is 0. The Morgan fingerprint density at radius 3 is 2.38 bits per heavy atom. The molecule has 9 heteroatoms. The quantitative estimate of drug-likeness (QED) is 0.277. The lowest BCUT2D eigenvalue weighted by Gasteiger charge is -2.30. The average molecular weight is 528 g/mol. The van der Waals surface area contributed by atoms with Gasteiger partial charge < -0.3 is 21.1 Å². The molecule has 1 aliphatic rings. The number of amides is 1. The van der Waals surface area contributed by atoms with Crippen molar-refractivity contribution in [3.05, 3.63) is 60.9 Å². The van der Waals surface area contributed by atoms with E-state index in [1.165, 1.54) is 6.33 Å². The minimum absolute atomic E-state index is 0.0849. The van der Waals surface area contributed by atoms with Gasteiger partial charge in [0.1, 0.15) is 29.3 Å². The average Bonchev–Trinajstić information content (AvgIpc) is 3.34. The molecule has 2 heterocycles. The normalized spacial score (nSPS) is 18.3. The molecule has 1 atom stereocenters. The van der Waals surface area contributed by atoms with Crippen LogP contribution in [0, 0.1) is 5.92 Å². The van der Waals surface area contributed by atoms with Crippen LogP contribution in [0.4, 0.5) is 5.82 Å². The van der Waals surface area contributed by atoms with E-state index in [4.69, 9.17) is 15.6 Å². The topological polar surface area (TPSA) is 120 Å². The number of hydrogen-bond acceptors (Lipinski definition) is 7. The third kappa shape index (κ3) is 6.04. The first-order chi connectivity index (χ1) is 18.9. The third-order valence-electron chi connectivity index (χ3n) is 7.39. The molecule has 1 aliphatic carbocycles. The van der Waals surface area contributed by atoms with E-state index in [1.807, 2.05) is 66.3 Å². The van der Waals surface area contributed by atoms with E-state index in [9.17, 15) is 4.79 Å². The van der Waals surface area contributed by atoms with Crippen molar-refractivity contribution in [2.24, 2.45) is 5.92 Å². The molecule has 0 aliphatic heterocycles. The van der Waals surface area contributed by atoms with Crippen LogP contribution in [0.3, 0.4) is 0 Å². The summed E-state index contributed by atoms with van der Waals surface area (Å²) in [7, 11) is 1.85. The van der Waals surface area contributed by atoms with Crippen molar-refractivity contribution in [1.82, 2.24) is 30.4 Å². The van der Waals surface area contributed by atoms with Crippen LogP contribution in [0.15, 0.2) is 60.9 Å². The van der Waals surface area contributed by atoms with Crippen molar-refractivity contribution in [3.8, 4) is 22.8 Å². The van der Waals surface area contributed by atoms with Gasteiger partial charge in [-0.25, -0.2) is 14.6 Å². The maximum atomic E-state index is 12.8. The molecule has 9 nitrogen and oxygen atoms in total. The van der Waals surface area contributed by atoms with Crippen LogP contribution in [0.2, 0.25) is 0 Å². The molecule has 1 saturated carbocycles. The second kappa shape index (κ2) is 11.8. The maximum Gasteiger partial charge on any atom is 0.237 e. The number of aromatic nitrogens is 4. The van der Waals surface area contributed by atoms with Gasteiger partial charge in [0.15, 0.2) is 5.65 Å². The van der Waals surface area contributed by atoms with Crippen molar-refractivity contribution in [2.45, 2.75) is 64.1 Å². The fraction of sp³-hybridized carbons (Fsp3) is 0.400. The van der Waals surface area contributed by atoms with Crippen LogP contribution in [0.5, 0.6) is 11.5 Å². The zero-order chi connectivity index (χ0) is 27.4. The number of ether oxygens (including phenoxy) is 1. The number of carbonyl (C=O) groups excluding carboxylic acids is 1. The van der Waals surface area contributed by atoms with Crippen molar-refractivity contribution in [1.29, 1.82) is 0 Å². The fourth-order valence-electron chi connectivity index (χ4n) is 5.35. The summed E-state index contributed by atoms with van der Waals surface area (Å²) in [6.45, 7) is 4.27. The number of rotatable bonds is 9. The second-order valence-corrected chi connectivity index (χ2v) is 10.7. The molecule has 2 aromatic heterocycles. The standard InChI is InChI=1S/C30H37N7O2/c1-19(2)17-25(32-3)30(38)35-21-11-13-22(14-12-21)37-29-26(28(31)33-18-34-29)27(36-37)20-9-15-24(16-10-20)39-23-7-5-4-6-8-23/h4-10,15-16,18-19,21-22,25,32H,11-14,17H2,1-3H3,(H,35,38)(H2,31,33,34)/t21?,22?,25-/m1/s1. The second-order valence-electron chi connectivity index (χ2n) is 10.7. The van der Waals surface area contributed by atoms with Crippen molar-refractivity contribution in [3.63, 3.8) is 0 Å². The van der Waals surface area contributed by atoms with Crippen LogP contribution in [-0.2, 0) is 4.79 Å². The molecular weight excluding hydrogens is 490 g/mol. The summed E-state index contributed by atoms with van der Waals surface area (Å²) < 4.78 is 7.95.